The Morgan fingerprint density at radius 1 is 0.982 bits per heavy atom. The van der Waals surface area contributed by atoms with Gasteiger partial charge in [0.1, 0.15) is 22.8 Å². The number of pyridine rings is 1. The molecule has 286 valence electrons. The summed E-state index contributed by atoms with van der Waals surface area (Å²) in [5, 5.41) is 7.56. The van der Waals surface area contributed by atoms with Crippen LogP contribution in [-0.2, 0) is 0 Å². The number of likely N-dealkylation sites (N-methyl/N-ethyl adjacent to an activating group) is 3. The maximum absolute atomic E-state index is 14.3. The molecule has 4 heterocycles. The lowest BCUT2D eigenvalue weighted by atomic mass is 9.92. The smallest absolute Gasteiger partial charge is 0.410 e. The van der Waals surface area contributed by atoms with E-state index in [4.69, 9.17) is 21.1 Å². The minimum atomic E-state index is -0.498. The average molecular weight is 767 g/mol. The van der Waals surface area contributed by atoms with E-state index in [-0.39, 0.29) is 29.3 Å². The largest absolute Gasteiger partial charge is 0.415 e. The number of carbonyl (C=O) groups excluding carboxylic acids is 4. The number of halogens is 1. The van der Waals surface area contributed by atoms with Gasteiger partial charge < -0.3 is 44.1 Å². The fourth-order valence-electron chi connectivity index (χ4n) is 6.97. The van der Waals surface area contributed by atoms with Crippen LogP contribution in [0.15, 0.2) is 73.1 Å². The minimum absolute atomic E-state index is 0.156. The Kier molecular flexibility index (Phi) is 10.9. The molecule has 2 aliphatic rings. The van der Waals surface area contributed by atoms with Gasteiger partial charge in [0.25, 0.3) is 11.8 Å². The van der Waals surface area contributed by atoms with Crippen molar-refractivity contribution in [3.63, 3.8) is 0 Å². The molecule has 4 amide bonds. The number of nitrogens with zero attached hydrogens (tertiary/aromatic N) is 6. The number of benzene rings is 3. The van der Waals surface area contributed by atoms with Gasteiger partial charge in [-0.3, -0.25) is 9.59 Å². The van der Waals surface area contributed by atoms with E-state index in [0.29, 0.717) is 66.8 Å². The number of amides is 4. The number of anilines is 2. The fourth-order valence-corrected chi connectivity index (χ4v) is 7.22. The molecule has 0 spiro atoms. The number of imidazole rings is 1. The van der Waals surface area contributed by atoms with Gasteiger partial charge in [-0.15, -0.1) is 11.6 Å². The molecule has 2 aliphatic heterocycles. The molecular formula is C40H43ClN8O6. The number of hydrogen-bond donors (Lipinski definition) is 2. The van der Waals surface area contributed by atoms with Gasteiger partial charge in [-0.05, 0) is 73.9 Å². The van der Waals surface area contributed by atoms with Crippen molar-refractivity contribution in [1.29, 1.82) is 0 Å². The number of ether oxygens (including phenoxy) is 2. The normalized spacial score (nSPS) is 15.6. The van der Waals surface area contributed by atoms with Crippen molar-refractivity contribution >= 4 is 63.4 Å². The van der Waals surface area contributed by atoms with Crippen LogP contribution in [0.25, 0.3) is 16.4 Å². The summed E-state index contributed by atoms with van der Waals surface area (Å²) in [6.07, 6.45) is 2.38. The van der Waals surface area contributed by atoms with Crippen molar-refractivity contribution in [3.05, 3.63) is 95.4 Å². The Morgan fingerprint density at radius 3 is 2.47 bits per heavy atom. The molecule has 15 heteroatoms. The molecule has 0 unspecified atom stereocenters. The second-order valence-electron chi connectivity index (χ2n) is 13.9. The predicted molar refractivity (Wildman–Crippen MR) is 211 cm³/mol. The molecular weight excluding hydrogens is 724 g/mol. The van der Waals surface area contributed by atoms with Gasteiger partial charge in [0.2, 0.25) is 0 Å². The lowest BCUT2D eigenvalue weighted by molar-refractivity contribution is 0.0982. The van der Waals surface area contributed by atoms with Gasteiger partial charge in [0.05, 0.1) is 11.4 Å². The highest BCUT2D eigenvalue weighted by Gasteiger charge is 2.37. The highest BCUT2D eigenvalue weighted by molar-refractivity contribution is 6.19. The van der Waals surface area contributed by atoms with Crippen molar-refractivity contribution in [3.8, 4) is 11.5 Å². The quantitative estimate of drug-likeness (QED) is 0.188. The number of aromatic nitrogens is 2. The van der Waals surface area contributed by atoms with Crippen molar-refractivity contribution in [2.75, 3.05) is 83.1 Å². The molecule has 0 aliphatic carbocycles. The van der Waals surface area contributed by atoms with E-state index in [0.717, 1.165) is 35.0 Å². The molecule has 2 N–H and O–H groups in total. The molecule has 1 atom stereocenters. The number of nitrogens with one attached hydrogen (secondary N) is 2. The Balaban J connectivity index is 1.10. The molecule has 55 heavy (non-hydrogen) atoms. The molecule has 3 aromatic carbocycles. The Morgan fingerprint density at radius 2 is 1.75 bits per heavy atom. The van der Waals surface area contributed by atoms with Gasteiger partial charge in [-0.25, -0.2) is 14.6 Å². The SMILES string of the molecule is CNCCN(C)C(=O)Oc1ccc(C(=O)Nc2ccc3nc(C(=O)N4C[C@@H](CCl)c5c4cc(OC(=O)N4CCN(C)CC4)c4cccc(C)c54)cn3c2)cc1. The number of fused-ring (bicyclic) bond motifs is 4. The van der Waals surface area contributed by atoms with Gasteiger partial charge in [0, 0.05) is 94.1 Å². The number of alkyl halides is 1. The third kappa shape index (κ3) is 7.79. The molecule has 1 fully saturated rings. The zero-order valence-electron chi connectivity index (χ0n) is 31.2. The van der Waals surface area contributed by atoms with Crippen LogP contribution in [0.5, 0.6) is 11.5 Å². The van der Waals surface area contributed by atoms with Crippen LogP contribution in [0, 0.1) is 6.92 Å². The monoisotopic (exact) mass is 766 g/mol. The number of rotatable bonds is 9. The third-order valence-electron chi connectivity index (χ3n) is 10.1. The highest BCUT2D eigenvalue weighted by Crippen LogP contribution is 2.47. The first-order valence-corrected chi connectivity index (χ1v) is 18.6. The van der Waals surface area contributed by atoms with Crippen molar-refractivity contribution < 1.29 is 28.7 Å². The van der Waals surface area contributed by atoms with Crippen LogP contribution in [0.1, 0.15) is 37.9 Å². The van der Waals surface area contributed by atoms with Gasteiger partial charge in [0.15, 0.2) is 0 Å². The van der Waals surface area contributed by atoms with Crippen molar-refractivity contribution in [2.24, 2.45) is 0 Å². The van der Waals surface area contributed by atoms with Crippen molar-refractivity contribution in [2.45, 2.75) is 12.8 Å². The summed E-state index contributed by atoms with van der Waals surface area (Å²) in [5.74, 6) is 0.133. The van der Waals surface area contributed by atoms with Crippen LogP contribution >= 0.6 is 11.6 Å². The molecule has 0 bridgehead atoms. The topological polar surface area (TPSA) is 141 Å². The fraction of sp³-hybridized carbons (Fsp3) is 0.325. The summed E-state index contributed by atoms with van der Waals surface area (Å²) < 4.78 is 13.1. The van der Waals surface area contributed by atoms with E-state index in [1.807, 2.05) is 32.2 Å². The molecule has 0 radical (unpaired) electrons. The Hall–Kier alpha value is -5.70. The van der Waals surface area contributed by atoms with Gasteiger partial charge in [-0.2, -0.15) is 0 Å². The first-order valence-electron chi connectivity index (χ1n) is 18.1. The summed E-state index contributed by atoms with van der Waals surface area (Å²) >= 11 is 6.55. The second kappa shape index (κ2) is 16.0. The van der Waals surface area contributed by atoms with E-state index >= 15 is 0 Å². The zero-order valence-corrected chi connectivity index (χ0v) is 31.9. The van der Waals surface area contributed by atoms with Crippen molar-refractivity contribution in [1.82, 2.24) is 29.4 Å². The maximum atomic E-state index is 14.3. The number of piperazine rings is 1. The van der Waals surface area contributed by atoms with Crippen LogP contribution in [0.4, 0.5) is 21.0 Å². The molecule has 5 aromatic rings. The van der Waals surface area contributed by atoms with E-state index < -0.39 is 12.2 Å². The van der Waals surface area contributed by atoms with E-state index in [1.54, 1.807) is 83.2 Å². The second-order valence-corrected chi connectivity index (χ2v) is 14.2. The number of carbonyl (C=O) groups is 4. The maximum Gasteiger partial charge on any atom is 0.415 e. The minimum Gasteiger partial charge on any atom is -0.410 e. The highest BCUT2D eigenvalue weighted by atomic mass is 35.5. The summed E-state index contributed by atoms with van der Waals surface area (Å²) in [5.41, 5.74) is 4.11. The summed E-state index contributed by atoms with van der Waals surface area (Å²) in [7, 11) is 5.47. The lowest BCUT2D eigenvalue weighted by Gasteiger charge is -2.31. The lowest BCUT2D eigenvalue weighted by Crippen LogP contribution is -2.48. The van der Waals surface area contributed by atoms with Gasteiger partial charge in [-0.1, -0.05) is 18.2 Å². The average Bonchev–Trinajstić information content (AvgIpc) is 3.78. The molecule has 2 aromatic heterocycles. The standard InChI is InChI=1S/C40H43ClN8O6/c1-25-6-5-7-30-33(55-40(53)47-18-16-45(3)17-19-47)20-32-36(35(25)30)27(21-41)22-49(32)38(51)31-24-48-23-28(10-13-34(48)44-31)43-37(50)26-8-11-29(12-9-26)54-39(52)46(4)15-14-42-2/h5-13,20,23-24,27,42H,14-19,21-22H2,1-4H3,(H,43,50)/t27-/m1/s1. The van der Waals surface area contributed by atoms with Gasteiger partial charge >= 0.3 is 12.2 Å². The molecule has 14 nitrogen and oxygen atoms in total. The first kappa shape index (κ1) is 37.6. The van der Waals surface area contributed by atoms with Crippen LogP contribution < -0.4 is 25.0 Å². The summed E-state index contributed by atoms with van der Waals surface area (Å²) in [6.45, 7) is 6.10. The Labute approximate surface area is 323 Å². The molecule has 7 rings (SSSR count). The zero-order chi connectivity index (χ0) is 38.8. The first-order chi connectivity index (χ1) is 26.5. The van der Waals surface area contributed by atoms with E-state index in [9.17, 15) is 19.2 Å². The predicted octanol–water partition coefficient (Wildman–Crippen LogP) is 5.43. The van der Waals surface area contributed by atoms with E-state index in [2.05, 4.69) is 20.5 Å². The summed E-state index contributed by atoms with van der Waals surface area (Å²) in [4.78, 5) is 64.7. The summed E-state index contributed by atoms with van der Waals surface area (Å²) in [6, 6.07) is 17.3. The number of aryl methyl sites for hydroxylation is 1. The molecule has 1 saturated heterocycles. The number of hydrogen-bond acceptors (Lipinski definition) is 9. The molecule has 0 saturated carbocycles. The van der Waals surface area contributed by atoms with Crippen LogP contribution in [0.3, 0.4) is 0 Å². The van der Waals surface area contributed by atoms with Crippen LogP contribution in [-0.4, -0.2) is 121 Å². The Bertz CT molecular complexity index is 2270. The van der Waals surface area contributed by atoms with E-state index in [1.165, 1.54) is 4.90 Å². The van der Waals surface area contributed by atoms with Crippen LogP contribution in [0.2, 0.25) is 0 Å². The third-order valence-corrected chi connectivity index (χ3v) is 10.5.